The van der Waals surface area contributed by atoms with Crippen molar-refractivity contribution in [2.45, 2.75) is 23.8 Å². The van der Waals surface area contributed by atoms with Crippen molar-refractivity contribution in [3.8, 4) is 0 Å². The highest BCUT2D eigenvalue weighted by Gasteiger charge is 2.12. The second-order valence-corrected chi connectivity index (χ2v) is 4.09. The van der Waals surface area contributed by atoms with Crippen LogP contribution in [0.1, 0.15) is 12.8 Å². The molecule has 0 bridgehead atoms. The van der Waals surface area contributed by atoms with E-state index in [1.165, 1.54) is 0 Å². The predicted octanol–water partition coefficient (Wildman–Crippen LogP) is 0.980. The molecule has 0 spiro atoms. The molecule has 0 aliphatic carbocycles. The Hall–Kier alpha value is -1.04. The fourth-order valence-corrected chi connectivity index (χ4v) is 1.40. The van der Waals surface area contributed by atoms with E-state index in [1.807, 2.05) is 12.1 Å². The predicted molar refractivity (Wildman–Crippen MR) is 68.6 cm³/mol. The third-order valence-electron chi connectivity index (χ3n) is 2.19. The molecule has 16 heavy (non-hydrogen) atoms. The number of thiol groups is 1. The van der Waals surface area contributed by atoms with Gasteiger partial charge in [0.05, 0.1) is 6.04 Å². The van der Waals surface area contributed by atoms with Gasteiger partial charge in [-0.25, -0.2) is 0 Å². The summed E-state index contributed by atoms with van der Waals surface area (Å²) in [5, 5.41) is 2.74. The molecule has 5 heteroatoms. The standard InChI is InChI=1S/C11H17N3OS/c12-7-1-2-10(13)11(15)14-8-3-5-9(16)6-4-8/h3-6,10,16H,1-2,7,12-13H2,(H,14,15). The van der Waals surface area contributed by atoms with Crippen LogP contribution in [0, 0.1) is 0 Å². The molecule has 0 fully saturated rings. The highest BCUT2D eigenvalue weighted by molar-refractivity contribution is 7.80. The first-order valence-corrected chi connectivity index (χ1v) is 5.63. The Morgan fingerprint density at radius 2 is 2.00 bits per heavy atom. The van der Waals surface area contributed by atoms with Gasteiger partial charge >= 0.3 is 0 Å². The highest BCUT2D eigenvalue weighted by Crippen LogP contribution is 2.12. The lowest BCUT2D eigenvalue weighted by Gasteiger charge is -2.11. The van der Waals surface area contributed by atoms with E-state index in [4.69, 9.17) is 11.5 Å². The van der Waals surface area contributed by atoms with Crippen LogP contribution in [0.5, 0.6) is 0 Å². The molecule has 88 valence electrons. The minimum absolute atomic E-state index is 0.180. The number of hydrogen-bond acceptors (Lipinski definition) is 4. The van der Waals surface area contributed by atoms with Crippen LogP contribution in [0.15, 0.2) is 29.2 Å². The molecule has 0 radical (unpaired) electrons. The van der Waals surface area contributed by atoms with Crippen molar-refractivity contribution >= 4 is 24.2 Å². The van der Waals surface area contributed by atoms with E-state index in [-0.39, 0.29) is 5.91 Å². The SMILES string of the molecule is NCCCC(N)C(=O)Nc1ccc(S)cc1. The Kier molecular flexibility index (Phi) is 5.31. The molecule has 1 aromatic carbocycles. The average Bonchev–Trinajstić information content (AvgIpc) is 2.29. The first-order chi connectivity index (χ1) is 7.63. The summed E-state index contributed by atoms with van der Waals surface area (Å²) in [5.41, 5.74) is 11.8. The number of hydrogen-bond donors (Lipinski definition) is 4. The van der Waals surface area contributed by atoms with Gasteiger partial charge in [0.15, 0.2) is 0 Å². The molecule has 1 unspecified atom stereocenters. The van der Waals surface area contributed by atoms with E-state index in [2.05, 4.69) is 17.9 Å². The van der Waals surface area contributed by atoms with Gasteiger partial charge < -0.3 is 16.8 Å². The number of carbonyl (C=O) groups is 1. The summed E-state index contributed by atoms with van der Waals surface area (Å²) in [6, 6.07) is 6.69. The van der Waals surface area contributed by atoms with Gasteiger partial charge in [0.2, 0.25) is 5.91 Å². The van der Waals surface area contributed by atoms with E-state index >= 15 is 0 Å². The van der Waals surface area contributed by atoms with Crippen LogP contribution in [0.2, 0.25) is 0 Å². The molecular formula is C11H17N3OS. The largest absolute Gasteiger partial charge is 0.330 e. The molecule has 1 amide bonds. The minimum atomic E-state index is -0.501. The zero-order chi connectivity index (χ0) is 12.0. The Morgan fingerprint density at radius 3 is 2.56 bits per heavy atom. The van der Waals surface area contributed by atoms with Crippen LogP contribution in [0.4, 0.5) is 5.69 Å². The fourth-order valence-electron chi connectivity index (χ4n) is 1.25. The van der Waals surface area contributed by atoms with Crippen LogP contribution in [0.3, 0.4) is 0 Å². The first-order valence-electron chi connectivity index (χ1n) is 5.19. The fraction of sp³-hybridized carbons (Fsp3) is 0.364. The van der Waals surface area contributed by atoms with Gasteiger partial charge in [0.1, 0.15) is 0 Å². The van der Waals surface area contributed by atoms with E-state index in [9.17, 15) is 4.79 Å². The van der Waals surface area contributed by atoms with E-state index in [0.29, 0.717) is 13.0 Å². The number of nitrogens with two attached hydrogens (primary N) is 2. The van der Waals surface area contributed by atoms with Gasteiger partial charge in [-0.2, -0.15) is 0 Å². The Bertz CT molecular complexity index is 340. The van der Waals surface area contributed by atoms with Gasteiger partial charge in [-0.15, -0.1) is 12.6 Å². The zero-order valence-electron chi connectivity index (χ0n) is 9.02. The van der Waals surface area contributed by atoms with Gasteiger partial charge in [0.25, 0.3) is 0 Å². The van der Waals surface area contributed by atoms with Crippen LogP contribution in [0.25, 0.3) is 0 Å². The molecule has 1 rings (SSSR count). The van der Waals surface area contributed by atoms with E-state index < -0.39 is 6.04 Å². The van der Waals surface area contributed by atoms with Crippen molar-refractivity contribution in [1.29, 1.82) is 0 Å². The van der Waals surface area contributed by atoms with E-state index in [1.54, 1.807) is 12.1 Å². The van der Waals surface area contributed by atoms with E-state index in [0.717, 1.165) is 17.0 Å². The monoisotopic (exact) mass is 239 g/mol. The summed E-state index contributed by atoms with van der Waals surface area (Å²) in [4.78, 5) is 12.5. The summed E-state index contributed by atoms with van der Waals surface area (Å²) < 4.78 is 0. The van der Waals surface area contributed by atoms with Crippen LogP contribution in [-0.4, -0.2) is 18.5 Å². The van der Waals surface area contributed by atoms with Crippen LogP contribution in [-0.2, 0) is 4.79 Å². The smallest absolute Gasteiger partial charge is 0.241 e. The molecule has 0 heterocycles. The minimum Gasteiger partial charge on any atom is -0.330 e. The summed E-state index contributed by atoms with van der Waals surface area (Å²) in [6.07, 6.45) is 1.36. The maximum Gasteiger partial charge on any atom is 0.241 e. The van der Waals surface area contributed by atoms with Crippen molar-refractivity contribution in [1.82, 2.24) is 0 Å². The van der Waals surface area contributed by atoms with Crippen LogP contribution >= 0.6 is 12.6 Å². The molecule has 0 aliphatic rings. The second-order valence-electron chi connectivity index (χ2n) is 3.57. The van der Waals surface area contributed by atoms with Crippen molar-refractivity contribution in [2.75, 3.05) is 11.9 Å². The van der Waals surface area contributed by atoms with Crippen molar-refractivity contribution in [3.63, 3.8) is 0 Å². The summed E-state index contributed by atoms with van der Waals surface area (Å²) in [7, 11) is 0. The Balaban J connectivity index is 2.47. The first kappa shape index (κ1) is 13.0. The molecule has 0 aromatic heterocycles. The molecule has 1 atom stereocenters. The number of rotatable bonds is 5. The topological polar surface area (TPSA) is 81.1 Å². The number of nitrogens with one attached hydrogen (secondary N) is 1. The Labute approximate surface area is 101 Å². The molecule has 5 N–H and O–H groups in total. The van der Waals surface area contributed by atoms with Gasteiger partial charge in [-0.3, -0.25) is 4.79 Å². The third kappa shape index (κ3) is 4.22. The molecule has 0 aliphatic heterocycles. The molecule has 1 aromatic rings. The highest BCUT2D eigenvalue weighted by atomic mass is 32.1. The van der Waals surface area contributed by atoms with Crippen molar-refractivity contribution in [2.24, 2.45) is 11.5 Å². The number of carbonyl (C=O) groups excluding carboxylic acids is 1. The molecule has 0 saturated carbocycles. The second kappa shape index (κ2) is 6.52. The number of anilines is 1. The maximum atomic E-state index is 11.6. The quantitative estimate of drug-likeness (QED) is 0.578. The normalized spacial score (nSPS) is 12.2. The maximum absolute atomic E-state index is 11.6. The summed E-state index contributed by atoms with van der Waals surface area (Å²) in [6.45, 7) is 0.551. The number of benzene rings is 1. The average molecular weight is 239 g/mol. The summed E-state index contributed by atoms with van der Waals surface area (Å²) >= 11 is 4.16. The third-order valence-corrected chi connectivity index (χ3v) is 2.49. The van der Waals surface area contributed by atoms with Gasteiger partial charge in [-0.05, 0) is 43.7 Å². The molecular weight excluding hydrogens is 222 g/mol. The van der Waals surface area contributed by atoms with Gasteiger partial charge in [0, 0.05) is 10.6 Å². The van der Waals surface area contributed by atoms with Gasteiger partial charge in [-0.1, -0.05) is 0 Å². The molecule has 4 nitrogen and oxygen atoms in total. The van der Waals surface area contributed by atoms with Crippen LogP contribution < -0.4 is 16.8 Å². The lowest BCUT2D eigenvalue weighted by molar-refractivity contribution is -0.117. The lowest BCUT2D eigenvalue weighted by Crippen LogP contribution is -2.35. The lowest BCUT2D eigenvalue weighted by atomic mass is 10.1. The zero-order valence-corrected chi connectivity index (χ0v) is 9.91. The number of amides is 1. The van der Waals surface area contributed by atoms with Crippen molar-refractivity contribution in [3.05, 3.63) is 24.3 Å². The summed E-state index contributed by atoms with van der Waals surface area (Å²) in [5.74, 6) is -0.180. The molecule has 0 saturated heterocycles. The van der Waals surface area contributed by atoms with Crippen molar-refractivity contribution < 1.29 is 4.79 Å². The Morgan fingerprint density at radius 1 is 1.38 bits per heavy atom.